The van der Waals surface area contributed by atoms with E-state index in [0.717, 1.165) is 11.3 Å². The van der Waals surface area contributed by atoms with Gasteiger partial charge in [-0.15, -0.1) is 0 Å². The second kappa shape index (κ2) is 6.04. The first-order valence-electron chi connectivity index (χ1n) is 7.31. The van der Waals surface area contributed by atoms with Crippen molar-refractivity contribution >= 4 is 28.0 Å². The number of imidazole rings is 1. The summed E-state index contributed by atoms with van der Waals surface area (Å²) in [6.07, 6.45) is 1.64. The zero-order valence-electron chi connectivity index (χ0n) is 13.3. The van der Waals surface area contributed by atoms with Gasteiger partial charge in [0.05, 0.1) is 16.7 Å². The van der Waals surface area contributed by atoms with E-state index in [0.29, 0.717) is 15.5 Å². The Morgan fingerprint density at radius 1 is 1.33 bits per heavy atom. The molecule has 0 fully saturated rings. The van der Waals surface area contributed by atoms with E-state index in [-0.39, 0.29) is 17.8 Å². The number of hydrogen-bond acceptors (Lipinski definition) is 6. The molecule has 0 aliphatic heterocycles. The van der Waals surface area contributed by atoms with Gasteiger partial charge < -0.3 is 4.74 Å². The summed E-state index contributed by atoms with van der Waals surface area (Å²) in [6.45, 7) is 5.44. The minimum atomic E-state index is -0.438. The molecular formula is C16H15N3O4S. The Kier molecular flexibility index (Phi) is 4.06. The van der Waals surface area contributed by atoms with Crippen molar-refractivity contribution in [2.24, 2.45) is 0 Å². The van der Waals surface area contributed by atoms with E-state index in [1.54, 1.807) is 26.0 Å². The predicted octanol–water partition coefficient (Wildman–Crippen LogP) is 3.84. The van der Waals surface area contributed by atoms with E-state index in [2.05, 4.69) is 4.98 Å². The topological polar surface area (TPSA) is 86.7 Å². The predicted molar refractivity (Wildman–Crippen MR) is 90.4 cm³/mol. The molecule has 0 spiro atoms. The number of non-ortho nitro benzene ring substituents is 1. The largest absolute Gasteiger partial charge is 0.459 e. The van der Waals surface area contributed by atoms with Crippen LogP contribution in [0.25, 0.3) is 16.2 Å². The molecule has 3 aromatic rings. The van der Waals surface area contributed by atoms with Crippen LogP contribution in [0.1, 0.15) is 29.2 Å². The van der Waals surface area contributed by atoms with Gasteiger partial charge in [-0.3, -0.25) is 14.5 Å². The molecule has 7 nitrogen and oxygen atoms in total. The van der Waals surface area contributed by atoms with E-state index >= 15 is 0 Å². The molecule has 0 aliphatic carbocycles. The minimum Gasteiger partial charge on any atom is -0.459 e. The van der Waals surface area contributed by atoms with Gasteiger partial charge in [0.2, 0.25) is 0 Å². The molecule has 0 aliphatic rings. The molecular weight excluding hydrogens is 330 g/mol. The fraction of sp³-hybridized carbons (Fsp3) is 0.250. The second-order valence-electron chi connectivity index (χ2n) is 5.55. The van der Waals surface area contributed by atoms with E-state index in [1.165, 1.54) is 23.5 Å². The van der Waals surface area contributed by atoms with Gasteiger partial charge in [-0.25, -0.2) is 9.78 Å². The summed E-state index contributed by atoms with van der Waals surface area (Å²) in [5.41, 5.74) is 2.28. The number of nitro groups is 1. The van der Waals surface area contributed by atoms with Crippen molar-refractivity contribution in [3.05, 3.63) is 51.1 Å². The number of aromatic nitrogens is 2. The first-order chi connectivity index (χ1) is 11.4. The van der Waals surface area contributed by atoms with E-state index in [4.69, 9.17) is 4.74 Å². The molecule has 0 unspecified atom stereocenters. The Morgan fingerprint density at radius 3 is 2.54 bits per heavy atom. The third kappa shape index (κ3) is 2.88. The van der Waals surface area contributed by atoms with Crippen molar-refractivity contribution in [1.29, 1.82) is 0 Å². The van der Waals surface area contributed by atoms with Crippen LogP contribution in [0.3, 0.4) is 0 Å². The van der Waals surface area contributed by atoms with Gasteiger partial charge >= 0.3 is 5.97 Å². The number of benzene rings is 1. The Hall–Kier alpha value is -2.74. The average Bonchev–Trinajstić information content (AvgIpc) is 3.06. The lowest BCUT2D eigenvalue weighted by Crippen LogP contribution is -2.11. The number of carbonyl (C=O) groups excluding carboxylic acids is 1. The summed E-state index contributed by atoms with van der Waals surface area (Å²) in [6, 6.07) is 6.21. The van der Waals surface area contributed by atoms with Gasteiger partial charge in [0, 0.05) is 29.6 Å². The lowest BCUT2D eigenvalue weighted by molar-refractivity contribution is -0.384. The van der Waals surface area contributed by atoms with Crippen LogP contribution >= 0.6 is 11.3 Å². The highest BCUT2D eigenvalue weighted by atomic mass is 32.1. The number of ether oxygens (including phenoxy) is 1. The SMILES string of the molecule is Cc1c(C(=O)OC(C)C)sc2nc(-c3ccc([N+](=O)[O-])cc3)cn12. The van der Waals surface area contributed by atoms with Crippen molar-refractivity contribution in [3.63, 3.8) is 0 Å². The molecule has 0 radical (unpaired) electrons. The maximum Gasteiger partial charge on any atom is 0.350 e. The Labute approximate surface area is 141 Å². The Morgan fingerprint density at radius 2 is 2.00 bits per heavy atom. The summed E-state index contributed by atoms with van der Waals surface area (Å²) in [5, 5.41) is 10.7. The molecule has 124 valence electrons. The summed E-state index contributed by atoms with van der Waals surface area (Å²) in [4.78, 5) is 28.1. The van der Waals surface area contributed by atoms with Crippen LogP contribution in [0.15, 0.2) is 30.5 Å². The van der Waals surface area contributed by atoms with Gasteiger partial charge in [-0.1, -0.05) is 11.3 Å². The van der Waals surface area contributed by atoms with Gasteiger partial charge in [-0.05, 0) is 32.9 Å². The van der Waals surface area contributed by atoms with Crippen LogP contribution in [0.4, 0.5) is 5.69 Å². The summed E-state index contributed by atoms with van der Waals surface area (Å²) >= 11 is 1.27. The van der Waals surface area contributed by atoms with Crippen LogP contribution in [-0.2, 0) is 4.74 Å². The van der Waals surface area contributed by atoms with Crippen LogP contribution in [0, 0.1) is 17.0 Å². The third-order valence-corrected chi connectivity index (χ3v) is 4.60. The third-order valence-electron chi connectivity index (χ3n) is 3.46. The lowest BCUT2D eigenvalue weighted by Gasteiger charge is -2.06. The molecule has 0 amide bonds. The molecule has 0 bridgehead atoms. The normalized spacial score (nSPS) is 11.2. The van der Waals surface area contributed by atoms with Gasteiger partial charge in [0.1, 0.15) is 4.88 Å². The van der Waals surface area contributed by atoms with Crippen molar-refractivity contribution < 1.29 is 14.5 Å². The summed E-state index contributed by atoms with van der Waals surface area (Å²) in [5.74, 6) is -0.352. The quantitative estimate of drug-likeness (QED) is 0.407. The number of nitro benzene ring substituents is 1. The summed E-state index contributed by atoms with van der Waals surface area (Å²) in [7, 11) is 0. The van der Waals surface area contributed by atoms with Gasteiger partial charge in [-0.2, -0.15) is 0 Å². The second-order valence-corrected chi connectivity index (χ2v) is 6.53. The number of esters is 1. The molecule has 0 saturated carbocycles. The molecule has 2 heterocycles. The van der Waals surface area contributed by atoms with E-state index in [1.807, 2.05) is 17.5 Å². The van der Waals surface area contributed by atoms with Crippen LogP contribution in [0.5, 0.6) is 0 Å². The number of nitrogens with zero attached hydrogens (tertiary/aromatic N) is 3. The molecule has 0 saturated heterocycles. The first-order valence-corrected chi connectivity index (χ1v) is 8.12. The molecule has 1 aromatic carbocycles. The Balaban J connectivity index is 1.95. The highest BCUT2D eigenvalue weighted by Gasteiger charge is 2.20. The molecule has 24 heavy (non-hydrogen) atoms. The van der Waals surface area contributed by atoms with Crippen molar-refractivity contribution in [2.75, 3.05) is 0 Å². The molecule has 2 aromatic heterocycles. The lowest BCUT2D eigenvalue weighted by atomic mass is 10.1. The number of carbonyl (C=O) groups is 1. The van der Waals surface area contributed by atoms with Crippen LogP contribution in [0.2, 0.25) is 0 Å². The maximum absolute atomic E-state index is 12.1. The molecule has 3 rings (SSSR count). The Bertz CT molecular complexity index is 925. The maximum atomic E-state index is 12.1. The van der Waals surface area contributed by atoms with Crippen molar-refractivity contribution in [1.82, 2.24) is 9.38 Å². The highest BCUT2D eigenvalue weighted by Crippen LogP contribution is 2.28. The monoisotopic (exact) mass is 345 g/mol. The van der Waals surface area contributed by atoms with Crippen molar-refractivity contribution in [3.8, 4) is 11.3 Å². The first kappa shape index (κ1) is 16.1. The molecule has 8 heteroatoms. The van der Waals surface area contributed by atoms with Gasteiger partial charge in [0.25, 0.3) is 5.69 Å². The smallest absolute Gasteiger partial charge is 0.350 e. The minimum absolute atomic E-state index is 0.0367. The zero-order valence-corrected chi connectivity index (χ0v) is 14.2. The van der Waals surface area contributed by atoms with Crippen LogP contribution < -0.4 is 0 Å². The number of thiazole rings is 1. The standard InChI is InChI=1S/C16H15N3O4S/c1-9(2)23-15(20)14-10(3)18-8-13(17-16(18)24-14)11-4-6-12(7-5-11)19(21)22/h4-9H,1-3H3. The number of aryl methyl sites for hydroxylation is 1. The fourth-order valence-corrected chi connectivity index (χ4v) is 3.29. The van der Waals surface area contributed by atoms with Gasteiger partial charge in [0.15, 0.2) is 4.96 Å². The highest BCUT2D eigenvalue weighted by molar-refractivity contribution is 7.19. The van der Waals surface area contributed by atoms with Crippen LogP contribution in [-0.4, -0.2) is 26.4 Å². The number of rotatable bonds is 4. The number of fused-ring (bicyclic) bond motifs is 1. The fourth-order valence-electron chi connectivity index (χ4n) is 2.30. The number of hydrogen-bond donors (Lipinski definition) is 0. The van der Waals surface area contributed by atoms with E-state index < -0.39 is 4.92 Å². The van der Waals surface area contributed by atoms with Crippen molar-refractivity contribution in [2.45, 2.75) is 26.9 Å². The van der Waals surface area contributed by atoms with E-state index in [9.17, 15) is 14.9 Å². The molecule has 0 N–H and O–H groups in total. The molecule has 0 atom stereocenters. The summed E-state index contributed by atoms with van der Waals surface area (Å²) < 4.78 is 7.06. The zero-order chi connectivity index (χ0) is 17.4. The average molecular weight is 345 g/mol.